The van der Waals surface area contributed by atoms with Gasteiger partial charge in [0.05, 0.1) is 12.2 Å². The second-order valence-corrected chi connectivity index (χ2v) is 3.39. The number of carboxylic acid groups (broad SMARTS) is 1. The van der Waals surface area contributed by atoms with E-state index in [1.165, 1.54) is 18.3 Å². The predicted molar refractivity (Wildman–Crippen MR) is 54.2 cm³/mol. The van der Waals surface area contributed by atoms with Crippen LogP contribution in [0.15, 0.2) is 18.3 Å². The van der Waals surface area contributed by atoms with Crippen LogP contribution in [0.5, 0.6) is 0 Å². The number of carbonyl (C=O) groups excluding carboxylic acids is 1. The lowest BCUT2D eigenvalue weighted by Crippen LogP contribution is -2.24. The van der Waals surface area contributed by atoms with Gasteiger partial charge in [0.2, 0.25) is 0 Å². The number of cyclic esters (lactones) is 1. The topological polar surface area (TPSA) is 88.5 Å². The fraction of sp³-hybridized carbons (Fsp3) is 0.300. The van der Waals surface area contributed by atoms with Gasteiger partial charge >= 0.3 is 11.9 Å². The average Bonchev–Trinajstić information content (AvgIpc) is 2.65. The number of carboxylic acids is 1. The number of nitrogens with zero attached hydrogens (tertiary/aromatic N) is 1. The number of hydrogen-bond donors (Lipinski definition) is 2. The maximum Gasteiger partial charge on any atom is 0.335 e. The third kappa shape index (κ3) is 2.10. The van der Waals surface area contributed by atoms with Gasteiger partial charge in [0.25, 0.3) is 0 Å². The molecule has 1 atom stereocenters. The normalized spacial score (nSPS) is 19.2. The lowest BCUT2D eigenvalue weighted by molar-refractivity contribution is -0.138. The van der Waals surface area contributed by atoms with E-state index in [9.17, 15) is 9.59 Å². The lowest BCUT2D eigenvalue weighted by atomic mass is 10.2. The van der Waals surface area contributed by atoms with Crippen molar-refractivity contribution in [2.75, 3.05) is 11.9 Å². The van der Waals surface area contributed by atoms with Crippen molar-refractivity contribution in [3.05, 3.63) is 23.9 Å². The second-order valence-electron chi connectivity index (χ2n) is 3.39. The van der Waals surface area contributed by atoms with Crippen LogP contribution in [0, 0.1) is 0 Å². The molecular formula is C10H10N2O4. The van der Waals surface area contributed by atoms with Gasteiger partial charge in [0.15, 0.2) is 0 Å². The van der Waals surface area contributed by atoms with Crippen LogP contribution in [0.25, 0.3) is 0 Å². The number of rotatable bonds is 3. The summed E-state index contributed by atoms with van der Waals surface area (Å²) in [6.45, 7) is 0.384. The summed E-state index contributed by atoms with van der Waals surface area (Å²) in [4.78, 5) is 25.8. The van der Waals surface area contributed by atoms with E-state index in [1.54, 1.807) is 0 Å². The fourth-order valence-electron chi connectivity index (χ4n) is 1.45. The highest BCUT2D eigenvalue weighted by Crippen LogP contribution is 2.13. The van der Waals surface area contributed by atoms with Gasteiger partial charge in [0, 0.05) is 12.6 Å². The number of carbonyl (C=O) groups is 2. The molecule has 6 nitrogen and oxygen atoms in total. The van der Waals surface area contributed by atoms with Gasteiger partial charge in [-0.15, -0.1) is 0 Å². The van der Waals surface area contributed by atoms with Crippen molar-refractivity contribution in [1.29, 1.82) is 0 Å². The molecular weight excluding hydrogens is 212 g/mol. The van der Waals surface area contributed by atoms with E-state index in [1.807, 2.05) is 0 Å². The molecule has 1 aliphatic rings. The van der Waals surface area contributed by atoms with Crippen LogP contribution in [-0.2, 0) is 9.53 Å². The Kier molecular flexibility index (Phi) is 2.72. The highest BCUT2D eigenvalue weighted by atomic mass is 16.5. The number of anilines is 1. The Balaban J connectivity index is 2.12. The maximum absolute atomic E-state index is 11.2. The summed E-state index contributed by atoms with van der Waals surface area (Å²) in [7, 11) is 0. The van der Waals surface area contributed by atoms with Crippen molar-refractivity contribution in [2.45, 2.75) is 12.5 Å². The van der Waals surface area contributed by atoms with Crippen LogP contribution < -0.4 is 5.32 Å². The van der Waals surface area contributed by atoms with E-state index in [2.05, 4.69) is 10.3 Å². The molecule has 84 valence electrons. The summed E-state index contributed by atoms with van der Waals surface area (Å²) in [6, 6.07) is 2.34. The largest absolute Gasteiger partial charge is 0.478 e. The van der Waals surface area contributed by atoms with Gasteiger partial charge in [-0.25, -0.2) is 14.6 Å². The van der Waals surface area contributed by atoms with Crippen molar-refractivity contribution in [3.8, 4) is 0 Å². The Morgan fingerprint density at radius 3 is 3.06 bits per heavy atom. The SMILES string of the molecule is O=C(O)c1ccnc(NC2CCOC2=O)c1. The smallest absolute Gasteiger partial charge is 0.335 e. The summed E-state index contributed by atoms with van der Waals surface area (Å²) >= 11 is 0. The van der Waals surface area contributed by atoms with E-state index in [-0.39, 0.29) is 11.5 Å². The highest BCUT2D eigenvalue weighted by Gasteiger charge is 2.26. The Hall–Kier alpha value is -2.11. The molecule has 0 saturated carbocycles. The highest BCUT2D eigenvalue weighted by molar-refractivity contribution is 5.88. The van der Waals surface area contributed by atoms with Gasteiger partial charge in [-0.1, -0.05) is 0 Å². The van der Waals surface area contributed by atoms with Gasteiger partial charge in [-0.2, -0.15) is 0 Å². The predicted octanol–water partition coefficient (Wildman–Crippen LogP) is 0.507. The Morgan fingerprint density at radius 1 is 1.62 bits per heavy atom. The van der Waals surface area contributed by atoms with Crippen molar-refractivity contribution in [2.24, 2.45) is 0 Å². The zero-order valence-corrected chi connectivity index (χ0v) is 8.34. The molecule has 0 spiro atoms. The van der Waals surface area contributed by atoms with E-state index in [4.69, 9.17) is 9.84 Å². The van der Waals surface area contributed by atoms with E-state index in [0.29, 0.717) is 18.8 Å². The number of hydrogen-bond acceptors (Lipinski definition) is 5. The zero-order valence-electron chi connectivity index (χ0n) is 8.34. The standard InChI is InChI=1S/C10H10N2O4/c13-9(14)6-1-3-11-8(5-6)12-7-2-4-16-10(7)15/h1,3,5,7H,2,4H2,(H,11,12)(H,13,14). The molecule has 2 N–H and O–H groups in total. The molecule has 2 rings (SSSR count). The van der Waals surface area contributed by atoms with Crippen LogP contribution in [0.1, 0.15) is 16.8 Å². The molecule has 1 saturated heterocycles. The lowest BCUT2D eigenvalue weighted by Gasteiger charge is -2.09. The minimum atomic E-state index is -1.03. The van der Waals surface area contributed by atoms with Gasteiger partial charge in [-0.05, 0) is 12.1 Å². The first-order valence-electron chi connectivity index (χ1n) is 4.79. The van der Waals surface area contributed by atoms with Crippen molar-refractivity contribution in [1.82, 2.24) is 4.98 Å². The quantitative estimate of drug-likeness (QED) is 0.724. The summed E-state index contributed by atoms with van der Waals surface area (Å²) in [6.07, 6.45) is 1.95. The number of aromatic nitrogens is 1. The molecule has 1 aliphatic heterocycles. The van der Waals surface area contributed by atoms with Crippen LogP contribution in [0.3, 0.4) is 0 Å². The van der Waals surface area contributed by atoms with Crippen molar-refractivity contribution < 1.29 is 19.4 Å². The van der Waals surface area contributed by atoms with Crippen LogP contribution >= 0.6 is 0 Å². The first kappa shape index (κ1) is 10.4. The summed E-state index contributed by atoms with van der Waals surface area (Å²) in [5, 5.41) is 11.6. The third-order valence-corrected chi connectivity index (χ3v) is 2.26. The minimum absolute atomic E-state index is 0.129. The molecule has 0 aliphatic carbocycles. The molecule has 0 aromatic carbocycles. The molecule has 0 amide bonds. The Bertz CT molecular complexity index is 433. The number of pyridine rings is 1. The van der Waals surface area contributed by atoms with Gasteiger partial charge in [-0.3, -0.25) is 0 Å². The molecule has 2 heterocycles. The zero-order chi connectivity index (χ0) is 11.5. The molecule has 0 bridgehead atoms. The monoisotopic (exact) mass is 222 g/mol. The van der Waals surface area contributed by atoms with E-state index in [0.717, 1.165) is 0 Å². The summed E-state index contributed by atoms with van der Waals surface area (Å²) in [5.74, 6) is -0.995. The fourth-order valence-corrected chi connectivity index (χ4v) is 1.45. The summed E-state index contributed by atoms with van der Waals surface area (Å²) in [5.41, 5.74) is 0.129. The molecule has 0 radical (unpaired) electrons. The number of esters is 1. The molecule has 1 aromatic heterocycles. The second kappa shape index (κ2) is 4.18. The third-order valence-electron chi connectivity index (χ3n) is 2.26. The van der Waals surface area contributed by atoms with Crippen LogP contribution in [-0.4, -0.2) is 34.7 Å². The molecule has 1 unspecified atom stereocenters. The number of aromatic carboxylic acids is 1. The molecule has 16 heavy (non-hydrogen) atoms. The Morgan fingerprint density at radius 2 is 2.44 bits per heavy atom. The minimum Gasteiger partial charge on any atom is -0.478 e. The number of ether oxygens (including phenoxy) is 1. The van der Waals surface area contributed by atoms with Crippen LogP contribution in [0.4, 0.5) is 5.82 Å². The van der Waals surface area contributed by atoms with Crippen LogP contribution in [0.2, 0.25) is 0 Å². The van der Waals surface area contributed by atoms with Crippen molar-refractivity contribution in [3.63, 3.8) is 0 Å². The van der Waals surface area contributed by atoms with E-state index < -0.39 is 12.0 Å². The van der Waals surface area contributed by atoms with Crippen molar-refractivity contribution >= 4 is 17.8 Å². The Labute approximate surface area is 91.3 Å². The molecule has 1 fully saturated rings. The average molecular weight is 222 g/mol. The molecule has 1 aromatic rings. The first-order chi connectivity index (χ1) is 7.66. The molecule has 6 heteroatoms. The first-order valence-corrected chi connectivity index (χ1v) is 4.79. The van der Waals surface area contributed by atoms with E-state index >= 15 is 0 Å². The number of nitrogens with one attached hydrogen (secondary N) is 1. The van der Waals surface area contributed by atoms with Gasteiger partial charge < -0.3 is 15.2 Å². The van der Waals surface area contributed by atoms with Gasteiger partial charge in [0.1, 0.15) is 11.9 Å². The summed E-state index contributed by atoms with van der Waals surface area (Å²) < 4.78 is 4.77. The maximum atomic E-state index is 11.2.